The van der Waals surface area contributed by atoms with Gasteiger partial charge in [0.2, 0.25) is 0 Å². The normalized spacial score (nSPS) is 17.5. The molecule has 1 aromatic carbocycles. The fourth-order valence-electron chi connectivity index (χ4n) is 2.53. The van der Waals surface area contributed by atoms with Gasteiger partial charge in [0.1, 0.15) is 0 Å². The van der Waals surface area contributed by atoms with Gasteiger partial charge >= 0.3 is 6.03 Å². The first-order valence-corrected chi connectivity index (χ1v) is 8.99. The Kier molecular flexibility index (Phi) is 5.72. The van der Waals surface area contributed by atoms with Crippen LogP contribution in [-0.4, -0.2) is 41.7 Å². The van der Waals surface area contributed by atoms with Crippen molar-refractivity contribution in [3.05, 3.63) is 54.2 Å². The molecule has 1 saturated heterocycles. The summed E-state index contributed by atoms with van der Waals surface area (Å²) in [5, 5.41) is 3.97. The van der Waals surface area contributed by atoms with E-state index in [2.05, 4.69) is 16.4 Å². The average Bonchev–Trinajstić information content (AvgIpc) is 2.61. The highest BCUT2D eigenvalue weighted by Crippen LogP contribution is 2.22. The zero-order valence-corrected chi connectivity index (χ0v) is 14.5. The number of nitrogens with zero attached hydrogens (tertiary/aromatic N) is 2. The number of aromatic nitrogens is 1. The molecule has 2 amide bonds. The maximum absolute atomic E-state index is 12.3. The Bertz CT molecular complexity index is 681. The first kappa shape index (κ1) is 16.8. The SMILES string of the molecule is CC1CN(C(=O)Nc2cccc(CSc3ccccn3)c2)CCO1. The van der Waals surface area contributed by atoms with Gasteiger partial charge in [0, 0.05) is 30.7 Å². The number of urea groups is 1. The zero-order chi connectivity index (χ0) is 16.8. The molecular weight excluding hydrogens is 322 g/mol. The molecule has 0 saturated carbocycles. The molecule has 2 heterocycles. The van der Waals surface area contributed by atoms with Crippen LogP contribution < -0.4 is 5.32 Å². The molecule has 126 valence electrons. The van der Waals surface area contributed by atoms with Gasteiger partial charge < -0.3 is 15.0 Å². The lowest BCUT2D eigenvalue weighted by Gasteiger charge is -2.31. The third-order valence-corrected chi connectivity index (χ3v) is 4.75. The Morgan fingerprint density at radius 3 is 3.08 bits per heavy atom. The van der Waals surface area contributed by atoms with E-state index >= 15 is 0 Å². The number of hydrogen-bond donors (Lipinski definition) is 1. The quantitative estimate of drug-likeness (QED) is 0.862. The molecule has 2 aromatic rings. The molecule has 1 aliphatic rings. The maximum Gasteiger partial charge on any atom is 0.322 e. The van der Waals surface area contributed by atoms with Crippen molar-refractivity contribution in [2.45, 2.75) is 23.8 Å². The molecule has 24 heavy (non-hydrogen) atoms. The van der Waals surface area contributed by atoms with Crippen molar-refractivity contribution in [2.75, 3.05) is 25.0 Å². The van der Waals surface area contributed by atoms with Crippen molar-refractivity contribution in [1.82, 2.24) is 9.88 Å². The number of pyridine rings is 1. The predicted octanol–water partition coefficient (Wildman–Crippen LogP) is 3.63. The van der Waals surface area contributed by atoms with Crippen molar-refractivity contribution in [1.29, 1.82) is 0 Å². The molecular formula is C18H21N3O2S. The molecule has 5 nitrogen and oxygen atoms in total. The molecule has 1 fully saturated rings. The van der Waals surface area contributed by atoms with E-state index in [-0.39, 0.29) is 12.1 Å². The number of ether oxygens (including phenoxy) is 1. The topological polar surface area (TPSA) is 54.5 Å². The predicted molar refractivity (Wildman–Crippen MR) is 96.2 cm³/mol. The second kappa shape index (κ2) is 8.17. The second-order valence-electron chi connectivity index (χ2n) is 5.71. The summed E-state index contributed by atoms with van der Waals surface area (Å²) >= 11 is 1.68. The van der Waals surface area contributed by atoms with Crippen LogP contribution in [0.2, 0.25) is 0 Å². The van der Waals surface area contributed by atoms with E-state index in [0.717, 1.165) is 22.0 Å². The van der Waals surface area contributed by atoms with Crippen molar-refractivity contribution >= 4 is 23.5 Å². The van der Waals surface area contributed by atoms with Gasteiger partial charge in [-0.05, 0) is 36.8 Å². The Hall–Kier alpha value is -2.05. The number of thioether (sulfide) groups is 1. The van der Waals surface area contributed by atoms with Crippen LogP contribution in [0.3, 0.4) is 0 Å². The summed E-state index contributed by atoms with van der Waals surface area (Å²) in [5.41, 5.74) is 1.97. The monoisotopic (exact) mass is 343 g/mol. The molecule has 0 radical (unpaired) electrons. The fraction of sp³-hybridized carbons (Fsp3) is 0.333. The summed E-state index contributed by atoms with van der Waals surface area (Å²) in [7, 11) is 0. The Labute approximate surface area is 146 Å². The number of carbonyl (C=O) groups is 1. The number of nitrogens with one attached hydrogen (secondary N) is 1. The lowest BCUT2D eigenvalue weighted by atomic mass is 10.2. The number of morpholine rings is 1. The third-order valence-electron chi connectivity index (χ3n) is 3.73. The minimum Gasteiger partial charge on any atom is -0.375 e. The smallest absolute Gasteiger partial charge is 0.322 e. The molecule has 3 rings (SSSR count). The van der Waals surface area contributed by atoms with Gasteiger partial charge in [-0.15, -0.1) is 11.8 Å². The van der Waals surface area contributed by atoms with E-state index in [1.807, 2.05) is 43.3 Å². The van der Waals surface area contributed by atoms with Crippen LogP contribution in [0.15, 0.2) is 53.7 Å². The summed E-state index contributed by atoms with van der Waals surface area (Å²) in [4.78, 5) is 18.5. The molecule has 0 bridgehead atoms. The van der Waals surface area contributed by atoms with Crippen LogP contribution in [0.25, 0.3) is 0 Å². The molecule has 0 spiro atoms. The number of hydrogen-bond acceptors (Lipinski definition) is 4. The summed E-state index contributed by atoms with van der Waals surface area (Å²) in [6.45, 7) is 3.83. The van der Waals surface area contributed by atoms with Gasteiger partial charge in [-0.3, -0.25) is 0 Å². The summed E-state index contributed by atoms with van der Waals surface area (Å²) < 4.78 is 5.47. The first-order chi connectivity index (χ1) is 11.7. The van der Waals surface area contributed by atoms with Gasteiger partial charge in [-0.1, -0.05) is 18.2 Å². The number of carbonyl (C=O) groups excluding carboxylic acids is 1. The van der Waals surface area contributed by atoms with Crippen molar-refractivity contribution in [2.24, 2.45) is 0 Å². The number of rotatable bonds is 4. The summed E-state index contributed by atoms with van der Waals surface area (Å²) in [6, 6.07) is 13.8. The Morgan fingerprint density at radius 2 is 2.29 bits per heavy atom. The van der Waals surface area contributed by atoms with E-state index in [0.29, 0.717) is 19.7 Å². The van der Waals surface area contributed by atoms with Gasteiger partial charge in [-0.2, -0.15) is 0 Å². The second-order valence-corrected chi connectivity index (χ2v) is 6.71. The van der Waals surface area contributed by atoms with E-state index in [1.54, 1.807) is 22.9 Å². The Balaban J connectivity index is 1.57. The van der Waals surface area contributed by atoms with Crippen LogP contribution in [-0.2, 0) is 10.5 Å². The number of anilines is 1. The molecule has 1 unspecified atom stereocenters. The molecule has 6 heteroatoms. The minimum atomic E-state index is -0.0697. The third kappa shape index (κ3) is 4.72. The van der Waals surface area contributed by atoms with E-state index < -0.39 is 0 Å². The molecule has 1 aliphatic heterocycles. The summed E-state index contributed by atoms with van der Waals surface area (Å²) in [5.74, 6) is 0.815. The minimum absolute atomic E-state index is 0.0697. The maximum atomic E-state index is 12.3. The van der Waals surface area contributed by atoms with E-state index in [1.165, 1.54) is 0 Å². The average molecular weight is 343 g/mol. The van der Waals surface area contributed by atoms with Crippen molar-refractivity contribution in [3.63, 3.8) is 0 Å². The first-order valence-electron chi connectivity index (χ1n) is 8.01. The number of benzene rings is 1. The van der Waals surface area contributed by atoms with Crippen LogP contribution in [0.1, 0.15) is 12.5 Å². The van der Waals surface area contributed by atoms with Crippen LogP contribution in [0, 0.1) is 0 Å². The highest BCUT2D eigenvalue weighted by Gasteiger charge is 2.21. The van der Waals surface area contributed by atoms with Gasteiger partial charge in [-0.25, -0.2) is 9.78 Å². The lowest BCUT2D eigenvalue weighted by molar-refractivity contribution is -0.00138. The lowest BCUT2D eigenvalue weighted by Crippen LogP contribution is -2.46. The van der Waals surface area contributed by atoms with Crippen molar-refractivity contribution < 1.29 is 9.53 Å². The zero-order valence-electron chi connectivity index (χ0n) is 13.6. The summed E-state index contributed by atoms with van der Waals surface area (Å²) in [6.07, 6.45) is 1.88. The highest BCUT2D eigenvalue weighted by atomic mass is 32.2. The highest BCUT2D eigenvalue weighted by molar-refractivity contribution is 7.98. The van der Waals surface area contributed by atoms with Crippen LogP contribution in [0.5, 0.6) is 0 Å². The van der Waals surface area contributed by atoms with Gasteiger partial charge in [0.05, 0.1) is 17.7 Å². The molecule has 0 aliphatic carbocycles. The molecule has 1 aromatic heterocycles. The number of amides is 2. The van der Waals surface area contributed by atoms with Gasteiger partial charge in [0.25, 0.3) is 0 Å². The standard InChI is InChI=1S/C18H21N3O2S/c1-14-12-21(9-10-23-14)18(22)20-16-6-4-5-15(11-16)13-24-17-7-2-3-8-19-17/h2-8,11,14H,9-10,12-13H2,1H3,(H,20,22). The fourth-order valence-corrected chi connectivity index (χ4v) is 3.34. The van der Waals surface area contributed by atoms with Crippen LogP contribution >= 0.6 is 11.8 Å². The molecule has 1 atom stereocenters. The Morgan fingerprint density at radius 1 is 1.38 bits per heavy atom. The molecule has 1 N–H and O–H groups in total. The van der Waals surface area contributed by atoms with Gasteiger partial charge in [0.15, 0.2) is 0 Å². The van der Waals surface area contributed by atoms with Crippen LogP contribution in [0.4, 0.5) is 10.5 Å². The largest absolute Gasteiger partial charge is 0.375 e. The van der Waals surface area contributed by atoms with E-state index in [4.69, 9.17) is 4.74 Å². The van der Waals surface area contributed by atoms with E-state index in [9.17, 15) is 4.79 Å². The van der Waals surface area contributed by atoms with Crippen molar-refractivity contribution in [3.8, 4) is 0 Å².